The molecule has 60 valence electrons. The number of rotatable bonds is 5. The predicted octanol–water partition coefficient (Wildman–Crippen LogP) is 1.32. The van der Waals surface area contributed by atoms with Gasteiger partial charge in [-0.1, -0.05) is 6.58 Å². The number of ether oxygens (including phenoxy) is 1. The van der Waals surface area contributed by atoms with Crippen molar-refractivity contribution < 1.29 is 4.74 Å². The van der Waals surface area contributed by atoms with Gasteiger partial charge in [0.05, 0.1) is 6.10 Å². The molecule has 0 aromatic carbocycles. The van der Waals surface area contributed by atoms with Gasteiger partial charge in [-0.15, -0.1) is 0 Å². The molecule has 0 aliphatic carbocycles. The Morgan fingerprint density at radius 2 is 2.30 bits per heavy atom. The van der Waals surface area contributed by atoms with Crippen molar-refractivity contribution >= 4 is 0 Å². The van der Waals surface area contributed by atoms with Gasteiger partial charge in [0.1, 0.15) is 0 Å². The molecule has 10 heavy (non-hydrogen) atoms. The van der Waals surface area contributed by atoms with Crippen molar-refractivity contribution in [1.82, 2.24) is 0 Å². The molecule has 1 atom stereocenters. The van der Waals surface area contributed by atoms with Crippen molar-refractivity contribution in [2.45, 2.75) is 26.4 Å². The molecule has 2 N–H and O–H groups in total. The summed E-state index contributed by atoms with van der Waals surface area (Å²) >= 11 is 0. The fourth-order valence-corrected chi connectivity index (χ4v) is 0.757. The number of hydrogen-bond acceptors (Lipinski definition) is 2. The van der Waals surface area contributed by atoms with Crippen molar-refractivity contribution in [1.29, 1.82) is 0 Å². The predicted molar refractivity (Wildman–Crippen MR) is 43.9 cm³/mol. The molecule has 0 bridgehead atoms. The maximum absolute atomic E-state index is 5.35. The molecule has 0 amide bonds. The van der Waals surface area contributed by atoms with E-state index >= 15 is 0 Å². The molecule has 0 aromatic heterocycles. The summed E-state index contributed by atoms with van der Waals surface area (Å²) in [5.74, 6) is 0. The molecule has 1 unspecified atom stereocenters. The number of hydrogen-bond donors (Lipinski definition) is 1. The standard InChI is InChI=1S/C8H17NO/c1-4-10-8(3)7(2)5-6-9/h8H,2,4-6,9H2,1,3H3. The van der Waals surface area contributed by atoms with Crippen LogP contribution in [-0.2, 0) is 4.74 Å². The summed E-state index contributed by atoms with van der Waals surface area (Å²) in [5, 5.41) is 0. The van der Waals surface area contributed by atoms with E-state index in [1.807, 2.05) is 13.8 Å². The van der Waals surface area contributed by atoms with Crippen LogP contribution in [0.3, 0.4) is 0 Å². The van der Waals surface area contributed by atoms with Gasteiger partial charge in [-0.25, -0.2) is 0 Å². The zero-order chi connectivity index (χ0) is 7.98. The first kappa shape index (κ1) is 9.66. The van der Waals surface area contributed by atoms with Crippen molar-refractivity contribution in [3.05, 3.63) is 12.2 Å². The highest BCUT2D eigenvalue weighted by Crippen LogP contribution is 2.06. The zero-order valence-corrected chi connectivity index (χ0v) is 6.89. The summed E-state index contributed by atoms with van der Waals surface area (Å²) in [5.41, 5.74) is 6.43. The van der Waals surface area contributed by atoms with E-state index in [4.69, 9.17) is 10.5 Å². The fourth-order valence-electron chi connectivity index (χ4n) is 0.757. The molecule has 0 saturated heterocycles. The van der Waals surface area contributed by atoms with E-state index in [1.54, 1.807) is 0 Å². The molecule has 0 rings (SSSR count). The van der Waals surface area contributed by atoms with Gasteiger partial charge >= 0.3 is 0 Å². The van der Waals surface area contributed by atoms with Gasteiger partial charge < -0.3 is 10.5 Å². The van der Waals surface area contributed by atoms with Crippen LogP contribution in [0, 0.1) is 0 Å². The minimum Gasteiger partial charge on any atom is -0.374 e. The second-order valence-electron chi connectivity index (χ2n) is 2.29. The second kappa shape index (κ2) is 5.45. The molecule has 2 heteroatoms. The molecule has 0 radical (unpaired) electrons. The van der Waals surface area contributed by atoms with Gasteiger partial charge in [0, 0.05) is 6.61 Å². The summed E-state index contributed by atoms with van der Waals surface area (Å²) in [7, 11) is 0. The van der Waals surface area contributed by atoms with E-state index in [0.717, 1.165) is 18.6 Å². The average molecular weight is 143 g/mol. The minimum atomic E-state index is 0.161. The molecular weight excluding hydrogens is 126 g/mol. The first-order valence-corrected chi connectivity index (χ1v) is 3.71. The third kappa shape index (κ3) is 3.64. The largest absolute Gasteiger partial charge is 0.374 e. The van der Waals surface area contributed by atoms with Crippen LogP contribution < -0.4 is 5.73 Å². The van der Waals surface area contributed by atoms with Crippen LogP contribution in [0.15, 0.2) is 12.2 Å². The molecular formula is C8H17NO. The van der Waals surface area contributed by atoms with Crippen molar-refractivity contribution in [3.8, 4) is 0 Å². The quantitative estimate of drug-likeness (QED) is 0.589. The Bertz CT molecular complexity index is 101. The highest BCUT2D eigenvalue weighted by molar-refractivity contribution is 5.00. The normalized spacial score (nSPS) is 13.1. The van der Waals surface area contributed by atoms with Crippen LogP contribution in [0.1, 0.15) is 20.3 Å². The lowest BCUT2D eigenvalue weighted by Crippen LogP contribution is -2.13. The number of nitrogens with two attached hydrogens (primary N) is 1. The van der Waals surface area contributed by atoms with E-state index < -0.39 is 0 Å². The lowest BCUT2D eigenvalue weighted by molar-refractivity contribution is 0.0995. The second-order valence-corrected chi connectivity index (χ2v) is 2.29. The van der Waals surface area contributed by atoms with Crippen LogP contribution in [0.25, 0.3) is 0 Å². The van der Waals surface area contributed by atoms with Crippen LogP contribution in [-0.4, -0.2) is 19.3 Å². The Morgan fingerprint density at radius 1 is 1.70 bits per heavy atom. The van der Waals surface area contributed by atoms with Crippen LogP contribution in [0.5, 0.6) is 0 Å². The van der Waals surface area contributed by atoms with Gasteiger partial charge in [-0.2, -0.15) is 0 Å². The maximum Gasteiger partial charge on any atom is 0.0754 e. The summed E-state index contributed by atoms with van der Waals surface area (Å²) < 4.78 is 5.30. The lowest BCUT2D eigenvalue weighted by atomic mass is 10.1. The third-order valence-corrected chi connectivity index (χ3v) is 1.46. The van der Waals surface area contributed by atoms with Gasteiger partial charge in [-0.3, -0.25) is 0 Å². The molecule has 0 aliphatic heterocycles. The Hall–Kier alpha value is -0.340. The smallest absolute Gasteiger partial charge is 0.0754 e. The van der Waals surface area contributed by atoms with Crippen LogP contribution in [0.4, 0.5) is 0 Å². The zero-order valence-electron chi connectivity index (χ0n) is 6.89. The fraction of sp³-hybridized carbons (Fsp3) is 0.750. The van der Waals surface area contributed by atoms with Gasteiger partial charge in [0.15, 0.2) is 0 Å². The Labute approximate surface area is 63.1 Å². The summed E-state index contributed by atoms with van der Waals surface area (Å²) in [6.07, 6.45) is 1.02. The van der Waals surface area contributed by atoms with E-state index in [1.165, 1.54) is 0 Å². The Morgan fingerprint density at radius 3 is 2.70 bits per heavy atom. The van der Waals surface area contributed by atoms with E-state index in [9.17, 15) is 0 Å². The molecule has 0 spiro atoms. The van der Waals surface area contributed by atoms with Crippen LogP contribution in [0.2, 0.25) is 0 Å². The first-order valence-electron chi connectivity index (χ1n) is 3.71. The van der Waals surface area contributed by atoms with Gasteiger partial charge in [0.25, 0.3) is 0 Å². The van der Waals surface area contributed by atoms with Crippen molar-refractivity contribution in [2.75, 3.05) is 13.2 Å². The summed E-state index contributed by atoms with van der Waals surface area (Å²) in [4.78, 5) is 0. The monoisotopic (exact) mass is 143 g/mol. The molecule has 0 fully saturated rings. The maximum atomic E-state index is 5.35. The molecule has 0 aromatic rings. The molecule has 0 aliphatic rings. The van der Waals surface area contributed by atoms with E-state index in [-0.39, 0.29) is 6.10 Å². The third-order valence-electron chi connectivity index (χ3n) is 1.46. The summed E-state index contributed by atoms with van der Waals surface area (Å²) in [6.45, 7) is 9.24. The highest BCUT2D eigenvalue weighted by atomic mass is 16.5. The SMILES string of the molecule is C=C(CCN)C(C)OCC. The molecule has 0 saturated carbocycles. The van der Waals surface area contributed by atoms with Crippen molar-refractivity contribution in [3.63, 3.8) is 0 Å². The summed E-state index contributed by atoms with van der Waals surface area (Å²) in [6, 6.07) is 0. The average Bonchev–Trinajstić information content (AvgIpc) is 1.89. The Kier molecular flexibility index (Phi) is 5.26. The highest BCUT2D eigenvalue weighted by Gasteiger charge is 2.03. The van der Waals surface area contributed by atoms with E-state index in [2.05, 4.69) is 6.58 Å². The van der Waals surface area contributed by atoms with E-state index in [0.29, 0.717) is 6.54 Å². The first-order chi connectivity index (χ1) is 4.72. The molecule has 0 heterocycles. The van der Waals surface area contributed by atoms with Gasteiger partial charge in [-0.05, 0) is 32.4 Å². The lowest BCUT2D eigenvalue weighted by Gasteiger charge is -2.13. The Balaban J connectivity index is 3.49. The van der Waals surface area contributed by atoms with Gasteiger partial charge in [0.2, 0.25) is 0 Å². The van der Waals surface area contributed by atoms with Crippen LogP contribution >= 0.6 is 0 Å². The minimum absolute atomic E-state index is 0.161. The topological polar surface area (TPSA) is 35.2 Å². The molecule has 2 nitrogen and oxygen atoms in total. The van der Waals surface area contributed by atoms with Crippen molar-refractivity contribution in [2.24, 2.45) is 5.73 Å².